The molecule has 2 N–H and O–H groups in total. The summed E-state index contributed by atoms with van der Waals surface area (Å²) < 4.78 is 0. The second-order valence-corrected chi connectivity index (χ2v) is 4.19. The van der Waals surface area contributed by atoms with Crippen LogP contribution in [0, 0.1) is 0 Å². The van der Waals surface area contributed by atoms with E-state index in [1.165, 1.54) is 5.56 Å². The van der Waals surface area contributed by atoms with Crippen molar-refractivity contribution in [2.24, 2.45) is 0 Å². The predicted molar refractivity (Wildman–Crippen MR) is 54.5 cm³/mol. The molecule has 0 amide bonds. The molecule has 0 radical (unpaired) electrons. The third-order valence-corrected chi connectivity index (χ3v) is 2.03. The molecule has 13 heavy (non-hydrogen) atoms. The Bertz CT molecular complexity index is 300. The first-order chi connectivity index (χ1) is 5.95. The van der Waals surface area contributed by atoms with Gasteiger partial charge in [-0.15, -0.1) is 0 Å². The van der Waals surface area contributed by atoms with Crippen molar-refractivity contribution < 1.29 is 0 Å². The zero-order chi connectivity index (χ0) is 10.1. The van der Waals surface area contributed by atoms with Crippen LogP contribution in [0.25, 0.3) is 0 Å². The van der Waals surface area contributed by atoms with E-state index in [4.69, 9.17) is 5.73 Å². The lowest BCUT2D eigenvalue weighted by molar-refractivity contribution is 0.575. The fourth-order valence-electron chi connectivity index (χ4n) is 1.33. The number of aryl methyl sites for hydroxylation is 1. The van der Waals surface area contributed by atoms with Gasteiger partial charge in [-0.1, -0.05) is 27.7 Å². The van der Waals surface area contributed by atoms with E-state index in [0.717, 1.165) is 12.1 Å². The summed E-state index contributed by atoms with van der Waals surface area (Å²) in [5, 5.41) is 0. The molecule has 0 fully saturated rings. The monoisotopic (exact) mass is 179 g/mol. The molecule has 0 aliphatic heterocycles. The zero-order valence-corrected chi connectivity index (χ0v) is 8.76. The van der Waals surface area contributed by atoms with E-state index in [1.54, 1.807) is 0 Å². The minimum atomic E-state index is 0.0963. The number of rotatable bonds is 1. The van der Waals surface area contributed by atoms with Gasteiger partial charge in [0.25, 0.3) is 0 Å². The summed E-state index contributed by atoms with van der Waals surface area (Å²) in [6.45, 7) is 8.54. The molecule has 0 atom stereocenters. The topological polar surface area (TPSA) is 51.8 Å². The van der Waals surface area contributed by atoms with Crippen molar-refractivity contribution in [2.75, 3.05) is 5.73 Å². The predicted octanol–water partition coefficient (Wildman–Crippen LogP) is 1.92. The molecule has 3 heteroatoms. The van der Waals surface area contributed by atoms with Gasteiger partial charge in [-0.3, -0.25) is 0 Å². The number of hydrogen-bond acceptors (Lipinski definition) is 3. The summed E-state index contributed by atoms with van der Waals surface area (Å²) in [6, 6.07) is 0. The summed E-state index contributed by atoms with van der Waals surface area (Å²) in [7, 11) is 0. The van der Waals surface area contributed by atoms with E-state index in [9.17, 15) is 0 Å². The minimum absolute atomic E-state index is 0.0963. The summed E-state index contributed by atoms with van der Waals surface area (Å²) >= 11 is 0. The van der Waals surface area contributed by atoms with Crippen molar-refractivity contribution in [2.45, 2.75) is 39.5 Å². The molecule has 1 aromatic heterocycles. The summed E-state index contributed by atoms with van der Waals surface area (Å²) in [5.41, 5.74) is 7.86. The largest absolute Gasteiger partial charge is 0.368 e. The maximum absolute atomic E-state index is 5.52. The third kappa shape index (κ3) is 2.17. The van der Waals surface area contributed by atoms with Crippen molar-refractivity contribution in [3.63, 3.8) is 0 Å². The fourth-order valence-corrected chi connectivity index (χ4v) is 1.33. The van der Waals surface area contributed by atoms with Crippen molar-refractivity contribution in [3.05, 3.63) is 17.5 Å². The van der Waals surface area contributed by atoms with Gasteiger partial charge in [0.05, 0.1) is 0 Å². The highest BCUT2D eigenvalue weighted by molar-refractivity contribution is 5.30. The summed E-state index contributed by atoms with van der Waals surface area (Å²) in [4.78, 5) is 8.25. The van der Waals surface area contributed by atoms with Gasteiger partial charge in [-0.25, -0.2) is 9.97 Å². The molecule has 0 aliphatic carbocycles. The van der Waals surface area contributed by atoms with Crippen LogP contribution in [0.4, 0.5) is 5.95 Å². The van der Waals surface area contributed by atoms with Crippen LogP contribution in [0.5, 0.6) is 0 Å². The molecule has 3 nitrogen and oxygen atoms in total. The lowest BCUT2D eigenvalue weighted by Gasteiger charge is -2.21. The summed E-state index contributed by atoms with van der Waals surface area (Å²) in [6.07, 6.45) is 2.74. The minimum Gasteiger partial charge on any atom is -0.368 e. The zero-order valence-electron chi connectivity index (χ0n) is 8.76. The van der Waals surface area contributed by atoms with Crippen molar-refractivity contribution >= 4 is 5.95 Å². The first-order valence-corrected chi connectivity index (χ1v) is 4.57. The second kappa shape index (κ2) is 3.32. The molecular weight excluding hydrogens is 162 g/mol. The van der Waals surface area contributed by atoms with Crippen LogP contribution in [-0.4, -0.2) is 9.97 Å². The molecule has 0 aromatic carbocycles. The number of aromatic nitrogens is 2. The Kier molecular flexibility index (Phi) is 2.55. The maximum atomic E-state index is 5.52. The number of nitrogens with zero attached hydrogens (tertiary/aromatic N) is 2. The first-order valence-electron chi connectivity index (χ1n) is 4.57. The Balaban J connectivity index is 3.22. The van der Waals surface area contributed by atoms with Crippen molar-refractivity contribution in [1.29, 1.82) is 0 Å². The van der Waals surface area contributed by atoms with Crippen LogP contribution >= 0.6 is 0 Å². The Hall–Kier alpha value is -1.12. The molecule has 0 unspecified atom stereocenters. The van der Waals surface area contributed by atoms with Crippen LogP contribution in [0.2, 0.25) is 0 Å². The Labute approximate surface area is 79.4 Å². The highest BCUT2D eigenvalue weighted by atomic mass is 15.0. The summed E-state index contributed by atoms with van der Waals surface area (Å²) in [5.74, 6) is 0.366. The SMILES string of the molecule is CCc1nc(N)ncc1C(C)(C)C. The van der Waals surface area contributed by atoms with Crippen molar-refractivity contribution in [3.8, 4) is 0 Å². The molecule has 0 spiro atoms. The number of nitrogen functional groups attached to an aromatic ring is 1. The molecule has 0 bridgehead atoms. The van der Waals surface area contributed by atoms with E-state index < -0.39 is 0 Å². The number of hydrogen-bond donors (Lipinski definition) is 1. The van der Waals surface area contributed by atoms with E-state index in [0.29, 0.717) is 5.95 Å². The number of anilines is 1. The second-order valence-electron chi connectivity index (χ2n) is 4.19. The van der Waals surface area contributed by atoms with E-state index in [-0.39, 0.29) is 5.41 Å². The Morgan fingerprint density at radius 2 is 2.00 bits per heavy atom. The molecule has 1 heterocycles. The van der Waals surface area contributed by atoms with Gasteiger partial charge in [-0.2, -0.15) is 0 Å². The van der Waals surface area contributed by atoms with Gasteiger partial charge in [0.1, 0.15) is 0 Å². The Morgan fingerprint density at radius 3 is 2.46 bits per heavy atom. The molecule has 0 saturated heterocycles. The van der Waals surface area contributed by atoms with Crippen LogP contribution in [0.1, 0.15) is 39.0 Å². The Morgan fingerprint density at radius 1 is 1.38 bits per heavy atom. The average molecular weight is 179 g/mol. The van der Waals surface area contributed by atoms with Crippen LogP contribution in [0.3, 0.4) is 0 Å². The third-order valence-electron chi connectivity index (χ3n) is 2.03. The van der Waals surface area contributed by atoms with Gasteiger partial charge in [-0.05, 0) is 17.4 Å². The van der Waals surface area contributed by atoms with Crippen LogP contribution in [-0.2, 0) is 11.8 Å². The molecule has 1 aromatic rings. The maximum Gasteiger partial charge on any atom is 0.220 e. The highest BCUT2D eigenvalue weighted by Crippen LogP contribution is 2.24. The fraction of sp³-hybridized carbons (Fsp3) is 0.600. The van der Waals surface area contributed by atoms with E-state index in [1.807, 2.05) is 6.20 Å². The molecule has 0 saturated carbocycles. The molecule has 0 aliphatic rings. The van der Waals surface area contributed by atoms with Gasteiger partial charge in [0, 0.05) is 11.9 Å². The highest BCUT2D eigenvalue weighted by Gasteiger charge is 2.18. The first kappa shape index (κ1) is 9.96. The van der Waals surface area contributed by atoms with Gasteiger partial charge in [0.15, 0.2) is 0 Å². The molecule has 1 rings (SSSR count). The lowest BCUT2D eigenvalue weighted by Crippen LogP contribution is -2.16. The van der Waals surface area contributed by atoms with Gasteiger partial charge in [0.2, 0.25) is 5.95 Å². The standard InChI is InChI=1S/C10H17N3/c1-5-8-7(10(2,3)4)6-12-9(11)13-8/h6H,5H2,1-4H3,(H2,11,12,13). The lowest BCUT2D eigenvalue weighted by atomic mass is 9.86. The molecule has 72 valence electrons. The van der Waals surface area contributed by atoms with Crippen LogP contribution in [0.15, 0.2) is 6.20 Å². The quantitative estimate of drug-likeness (QED) is 0.716. The van der Waals surface area contributed by atoms with Gasteiger partial charge < -0.3 is 5.73 Å². The average Bonchev–Trinajstić information content (AvgIpc) is 2.01. The normalized spacial score (nSPS) is 11.7. The van der Waals surface area contributed by atoms with Gasteiger partial charge >= 0.3 is 0 Å². The number of nitrogens with two attached hydrogens (primary N) is 1. The van der Waals surface area contributed by atoms with E-state index in [2.05, 4.69) is 37.7 Å². The van der Waals surface area contributed by atoms with Crippen molar-refractivity contribution in [1.82, 2.24) is 9.97 Å². The smallest absolute Gasteiger partial charge is 0.220 e. The van der Waals surface area contributed by atoms with E-state index >= 15 is 0 Å². The van der Waals surface area contributed by atoms with Crippen LogP contribution < -0.4 is 5.73 Å². The molecular formula is C10H17N3.